The number of ketones is 1. The van der Waals surface area contributed by atoms with Crippen molar-refractivity contribution >= 4 is 23.1 Å². The smallest absolute Gasteiger partial charge is 0.166 e. The Balaban J connectivity index is 2.80. The van der Waals surface area contributed by atoms with Crippen LogP contribution >= 0.6 is 11.6 Å². The van der Waals surface area contributed by atoms with Gasteiger partial charge in [0.1, 0.15) is 0 Å². The first kappa shape index (κ1) is 11.0. The highest BCUT2D eigenvalue weighted by atomic mass is 35.5. The van der Waals surface area contributed by atoms with Crippen LogP contribution in [-0.2, 0) is 0 Å². The maximum atomic E-state index is 11.6. The van der Waals surface area contributed by atoms with Crippen LogP contribution in [0.2, 0.25) is 5.02 Å². The van der Waals surface area contributed by atoms with Crippen LogP contribution in [-0.4, -0.2) is 19.4 Å². The Labute approximate surface area is 88.2 Å². The second-order valence-electron chi connectivity index (χ2n) is 3.01. The molecule has 0 atom stereocenters. The summed E-state index contributed by atoms with van der Waals surface area (Å²) in [4.78, 5) is 11.6. The summed E-state index contributed by atoms with van der Waals surface area (Å²) < 4.78 is 0. The molecule has 0 heterocycles. The molecule has 0 spiro atoms. The zero-order valence-electron chi connectivity index (χ0n) is 8.01. The van der Waals surface area contributed by atoms with Crippen molar-refractivity contribution < 1.29 is 4.79 Å². The standard InChI is InChI=1S/C10H13ClN2O/c1-13-5-4-10(14)8-3-2-7(11)6-9(8)12/h2-3,6,13H,4-5,12H2,1H3. The van der Waals surface area contributed by atoms with E-state index in [0.717, 1.165) is 0 Å². The Hall–Kier alpha value is -1.06. The number of hydrogen-bond donors (Lipinski definition) is 2. The summed E-state index contributed by atoms with van der Waals surface area (Å²) in [6.45, 7) is 0.654. The quantitative estimate of drug-likeness (QED) is 0.590. The molecule has 0 amide bonds. The van der Waals surface area contributed by atoms with Crippen molar-refractivity contribution in [2.75, 3.05) is 19.3 Å². The van der Waals surface area contributed by atoms with Gasteiger partial charge in [0.2, 0.25) is 0 Å². The molecule has 14 heavy (non-hydrogen) atoms. The van der Waals surface area contributed by atoms with Crippen molar-refractivity contribution in [3.05, 3.63) is 28.8 Å². The molecule has 76 valence electrons. The van der Waals surface area contributed by atoms with Gasteiger partial charge < -0.3 is 11.1 Å². The van der Waals surface area contributed by atoms with E-state index in [2.05, 4.69) is 5.32 Å². The van der Waals surface area contributed by atoms with Crippen molar-refractivity contribution in [2.24, 2.45) is 0 Å². The van der Waals surface area contributed by atoms with E-state index in [9.17, 15) is 4.79 Å². The van der Waals surface area contributed by atoms with Crippen LogP contribution in [0.5, 0.6) is 0 Å². The van der Waals surface area contributed by atoms with Crippen LogP contribution in [0.3, 0.4) is 0 Å². The van der Waals surface area contributed by atoms with E-state index in [1.54, 1.807) is 25.2 Å². The van der Waals surface area contributed by atoms with E-state index in [-0.39, 0.29) is 5.78 Å². The van der Waals surface area contributed by atoms with Crippen LogP contribution < -0.4 is 11.1 Å². The zero-order chi connectivity index (χ0) is 10.6. The lowest BCUT2D eigenvalue weighted by Gasteiger charge is -2.04. The predicted octanol–water partition coefficient (Wildman–Crippen LogP) is 1.71. The fourth-order valence-corrected chi connectivity index (χ4v) is 1.34. The Morgan fingerprint density at radius 3 is 2.86 bits per heavy atom. The number of nitrogen functional groups attached to an aromatic ring is 1. The largest absolute Gasteiger partial charge is 0.398 e. The van der Waals surface area contributed by atoms with Crippen molar-refractivity contribution in [1.29, 1.82) is 0 Å². The van der Waals surface area contributed by atoms with E-state index >= 15 is 0 Å². The maximum absolute atomic E-state index is 11.6. The molecular weight excluding hydrogens is 200 g/mol. The van der Waals surface area contributed by atoms with Crippen LogP contribution in [0.15, 0.2) is 18.2 Å². The highest BCUT2D eigenvalue weighted by Gasteiger charge is 2.08. The number of anilines is 1. The SMILES string of the molecule is CNCCC(=O)c1ccc(Cl)cc1N. The lowest BCUT2D eigenvalue weighted by molar-refractivity contribution is 0.0984. The topological polar surface area (TPSA) is 55.1 Å². The van der Waals surface area contributed by atoms with Gasteiger partial charge in [0.15, 0.2) is 5.78 Å². The molecule has 0 aliphatic carbocycles. The van der Waals surface area contributed by atoms with Crippen molar-refractivity contribution in [2.45, 2.75) is 6.42 Å². The molecule has 0 aliphatic rings. The lowest BCUT2D eigenvalue weighted by Crippen LogP contribution is -2.14. The minimum Gasteiger partial charge on any atom is -0.398 e. The maximum Gasteiger partial charge on any atom is 0.166 e. The zero-order valence-corrected chi connectivity index (χ0v) is 8.77. The fraction of sp³-hybridized carbons (Fsp3) is 0.300. The number of carbonyl (C=O) groups is 1. The fourth-order valence-electron chi connectivity index (χ4n) is 1.16. The second-order valence-corrected chi connectivity index (χ2v) is 3.44. The third-order valence-electron chi connectivity index (χ3n) is 1.92. The monoisotopic (exact) mass is 212 g/mol. The number of rotatable bonds is 4. The molecule has 0 aliphatic heterocycles. The minimum absolute atomic E-state index is 0.0357. The molecule has 1 aromatic rings. The summed E-state index contributed by atoms with van der Waals surface area (Å²) in [7, 11) is 1.80. The summed E-state index contributed by atoms with van der Waals surface area (Å²) in [6.07, 6.45) is 0.447. The molecule has 1 rings (SSSR count). The minimum atomic E-state index is 0.0357. The van der Waals surface area contributed by atoms with Gasteiger partial charge in [-0.05, 0) is 25.2 Å². The Bertz CT molecular complexity index is 339. The first-order valence-corrected chi connectivity index (χ1v) is 4.75. The average Bonchev–Trinajstić information content (AvgIpc) is 2.14. The third kappa shape index (κ3) is 2.72. The van der Waals surface area contributed by atoms with Crippen LogP contribution in [0.25, 0.3) is 0 Å². The lowest BCUT2D eigenvalue weighted by atomic mass is 10.1. The molecule has 0 bridgehead atoms. The van der Waals surface area contributed by atoms with Crippen LogP contribution in [0, 0.1) is 0 Å². The van der Waals surface area contributed by atoms with Crippen LogP contribution in [0.1, 0.15) is 16.8 Å². The van der Waals surface area contributed by atoms with Crippen LogP contribution in [0.4, 0.5) is 5.69 Å². The normalized spacial score (nSPS) is 10.1. The first-order valence-electron chi connectivity index (χ1n) is 4.38. The van der Waals surface area contributed by atoms with E-state index in [4.69, 9.17) is 17.3 Å². The molecule has 3 N–H and O–H groups in total. The van der Waals surface area contributed by atoms with E-state index in [1.165, 1.54) is 0 Å². The molecule has 0 fully saturated rings. The van der Waals surface area contributed by atoms with Gasteiger partial charge >= 0.3 is 0 Å². The van der Waals surface area contributed by atoms with Crippen molar-refractivity contribution in [3.8, 4) is 0 Å². The first-order chi connectivity index (χ1) is 6.65. The second kappa shape index (κ2) is 4.98. The number of carbonyl (C=O) groups excluding carboxylic acids is 1. The summed E-state index contributed by atoms with van der Waals surface area (Å²) in [5.41, 5.74) is 6.66. The van der Waals surface area contributed by atoms with Gasteiger partial charge in [-0.1, -0.05) is 11.6 Å². The van der Waals surface area contributed by atoms with E-state index in [1.807, 2.05) is 0 Å². The summed E-state index contributed by atoms with van der Waals surface area (Å²) in [5, 5.41) is 3.46. The molecule has 0 unspecified atom stereocenters. The van der Waals surface area contributed by atoms with Gasteiger partial charge in [-0.25, -0.2) is 0 Å². The number of Topliss-reactive ketones (excluding diaryl/α,β-unsaturated/α-hetero) is 1. The molecule has 0 aromatic heterocycles. The van der Waals surface area contributed by atoms with Gasteiger partial charge in [-0.15, -0.1) is 0 Å². The van der Waals surface area contributed by atoms with Gasteiger partial charge in [-0.2, -0.15) is 0 Å². The van der Waals surface area contributed by atoms with Gasteiger partial charge in [0.25, 0.3) is 0 Å². The molecule has 3 nitrogen and oxygen atoms in total. The number of benzene rings is 1. The summed E-state index contributed by atoms with van der Waals surface area (Å²) >= 11 is 5.72. The number of halogens is 1. The molecule has 0 saturated heterocycles. The third-order valence-corrected chi connectivity index (χ3v) is 2.15. The number of nitrogens with two attached hydrogens (primary N) is 1. The Morgan fingerprint density at radius 1 is 1.57 bits per heavy atom. The highest BCUT2D eigenvalue weighted by molar-refractivity contribution is 6.31. The Morgan fingerprint density at radius 2 is 2.29 bits per heavy atom. The van der Waals surface area contributed by atoms with E-state index < -0.39 is 0 Å². The summed E-state index contributed by atoms with van der Waals surface area (Å²) in [6, 6.07) is 4.92. The summed E-state index contributed by atoms with van der Waals surface area (Å²) in [5.74, 6) is 0.0357. The molecule has 1 aromatic carbocycles. The van der Waals surface area contributed by atoms with E-state index in [0.29, 0.717) is 29.2 Å². The Kier molecular flexibility index (Phi) is 3.92. The van der Waals surface area contributed by atoms with Crippen molar-refractivity contribution in [3.63, 3.8) is 0 Å². The van der Waals surface area contributed by atoms with Gasteiger partial charge in [0.05, 0.1) is 0 Å². The molecule has 4 heteroatoms. The van der Waals surface area contributed by atoms with Crippen molar-refractivity contribution in [1.82, 2.24) is 5.32 Å². The van der Waals surface area contributed by atoms with Gasteiger partial charge in [0, 0.05) is 29.2 Å². The molecule has 0 saturated carbocycles. The van der Waals surface area contributed by atoms with Gasteiger partial charge in [-0.3, -0.25) is 4.79 Å². The highest BCUT2D eigenvalue weighted by Crippen LogP contribution is 2.19. The number of nitrogens with one attached hydrogen (secondary N) is 1. The molecular formula is C10H13ClN2O. The predicted molar refractivity (Wildman–Crippen MR) is 58.7 cm³/mol. The molecule has 0 radical (unpaired) electrons. The average molecular weight is 213 g/mol. The number of hydrogen-bond acceptors (Lipinski definition) is 3.